The van der Waals surface area contributed by atoms with Crippen LogP contribution in [0.15, 0.2) is 54.7 Å². The van der Waals surface area contributed by atoms with E-state index in [-0.39, 0.29) is 12.3 Å². The molecule has 4 rings (SSSR count). The van der Waals surface area contributed by atoms with Crippen molar-refractivity contribution in [3.63, 3.8) is 0 Å². The fraction of sp³-hybridized carbons (Fsp3) is 0.182. The van der Waals surface area contributed by atoms with E-state index in [0.29, 0.717) is 35.5 Å². The average Bonchev–Trinajstić information content (AvgIpc) is 3.42. The number of para-hydroxylation sites is 1. The smallest absolute Gasteiger partial charge is 0.337 e. The summed E-state index contributed by atoms with van der Waals surface area (Å²) in [6.45, 7) is 0.419. The standard InChI is InChI=1S/C22H18N6O3/c1-31-22(30)16-7-4-6-15(12-16)21-24-26-28(25-21)14-20(29)18-13-27(11-5-10-23)19-9-3-2-8-17(18)19/h2-4,6-9,12-13H,5,11,14H2,1H3. The molecule has 0 atom stereocenters. The van der Waals surface area contributed by atoms with Crippen molar-refractivity contribution in [1.29, 1.82) is 5.26 Å². The van der Waals surface area contributed by atoms with Gasteiger partial charge in [-0.3, -0.25) is 4.79 Å². The molecule has 0 aliphatic carbocycles. The first-order valence-corrected chi connectivity index (χ1v) is 9.55. The number of esters is 1. The number of hydrogen-bond acceptors (Lipinski definition) is 7. The lowest BCUT2D eigenvalue weighted by atomic mass is 10.1. The van der Waals surface area contributed by atoms with Crippen LogP contribution in [0.3, 0.4) is 0 Å². The molecule has 0 fully saturated rings. The summed E-state index contributed by atoms with van der Waals surface area (Å²) < 4.78 is 6.64. The summed E-state index contributed by atoms with van der Waals surface area (Å²) in [4.78, 5) is 25.9. The van der Waals surface area contributed by atoms with Crippen LogP contribution in [0.5, 0.6) is 0 Å². The van der Waals surface area contributed by atoms with Crippen LogP contribution in [0.4, 0.5) is 0 Å². The van der Waals surface area contributed by atoms with Gasteiger partial charge in [-0.15, -0.1) is 10.2 Å². The van der Waals surface area contributed by atoms with Crippen molar-refractivity contribution in [1.82, 2.24) is 24.8 Å². The number of ether oxygens (including phenoxy) is 1. The third-order valence-corrected chi connectivity index (χ3v) is 4.83. The van der Waals surface area contributed by atoms with Crippen molar-refractivity contribution in [2.45, 2.75) is 19.5 Å². The predicted molar refractivity (Wildman–Crippen MR) is 111 cm³/mol. The first kappa shape index (κ1) is 20.0. The third kappa shape index (κ3) is 4.04. The van der Waals surface area contributed by atoms with Crippen LogP contribution in [-0.4, -0.2) is 43.6 Å². The number of tetrazole rings is 1. The van der Waals surface area contributed by atoms with Gasteiger partial charge in [-0.2, -0.15) is 10.1 Å². The summed E-state index contributed by atoms with van der Waals surface area (Å²) in [5.41, 5.74) is 2.40. The van der Waals surface area contributed by atoms with Gasteiger partial charge in [-0.05, 0) is 23.4 Å². The molecule has 0 saturated heterocycles. The summed E-state index contributed by atoms with van der Waals surface area (Å²) in [5.74, 6) is -0.327. The van der Waals surface area contributed by atoms with E-state index in [0.717, 1.165) is 10.9 Å². The molecule has 9 nitrogen and oxygen atoms in total. The van der Waals surface area contributed by atoms with Gasteiger partial charge < -0.3 is 9.30 Å². The number of Topliss-reactive ketones (excluding diaryl/α,β-unsaturated/α-hetero) is 1. The summed E-state index contributed by atoms with van der Waals surface area (Å²) in [6.07, 6.45) is 2.12. The van der Waals surface area contributed by atoms with Crippen LogP contribution in [0, 0.1) is 11.3 Å². The zero-order valence-corrected chi connectivity index (χ0v) is 16.7. The fourth-order valence-electron chi connectivity index (χ4n) is 3.37. The number of nitriles is 1. The number of carbonyl (C=O) groups excluding carboxylic acids is 2. The number of fused-ring (bicyclic) bond motifs is 1. The Kier molecular flexibility index (Phi) is 5.53. The molecule has 0 aliphatic heterocycles. The van der Waals surface area contributed by atoms with Gasteiger partial charge in [0.2, 0.25) is 5.82 Å². The highest BCUT2D eigenvalue weighted by Crippen LogP contribution is 2.23. The number of methoxy groups -OCH3 is 1. The Morgan fingerprint density at radius 2 is 2.00 bits per heavy atom. The van der Waals surface area contributed by atoms with Gasteiger partial charge >= 0.3 is 5.97 Å². The van der Waals surface area contributed by atoms with Crippen LogP contribution in [0.25, 0.3) is 22.3 Å². The van der Waals surface area contributed by atoms with Gasteiger partial charge in [0, 0.05) is 34.8 Å². The van der Waals surface area contributed by atoms with E-state index < -0.39 is 5.97 Å². The lowest BCUT2D eigenvalue weighted by Gasteiger charge is -2.00. The van der Waals surface area contributed by atoms with Gasteiger partial charge in [-0.1, -0.05) is 30.3 Å². The molecule has 9 heteroatoms. The molecule has 154 valence electrons. The highest BCUT2D eigenvalue weighted by molar-refractivity contribution is 6.08. The molecule has 0 spiro atoms. The highest BCUT2D eigenvalue weighted by Gasteiger charge is 2.17. The molecule has 0 bridgehead atoms. The van der Waals surface area contributed by atoms with Crippen molar-refractivity contribution in [2.75, 3.05) is 7.11 Å². The topological polar surface area (TPSA) is 116 Å². The van der Waals surface area contributed by atoms with Crippen molar-refractivity contribution in [2.24, 2.45) is 0 Å². The Balaban J connectivity index is 1.58. The SMILES string of the molecule is COC(=O)c1cccc(-c2nnn(CC(=O)c3cn(CCC#N)c4ccccc34)n2)c1. The first-order chi connectivity index (χ1) is 15.1. The molecule has 0 radical (unpaired) electrons. The molecular weight excluding hydrogens is 396 g/mol. The first-order valence-electron chi connectivity index (χ1n) is 9.55. The van der Waals surface area contributed by atoms with Gasteiger partial charge in [0.25, 0.3) is 0 Å². The molecule has 2 heterocycles. The van der Waals surface area contributed by atoms with E-state index in [4.69, 9.17) is 10.00 Å². The minimum absolute atomic E-state index is 0.0874. The summed E-state index contributed by atoms with van der Waals surface area (Å²) in [5, 5.41) is 22.0. The van der Waals surface area contributed by atoms with Crippen LogP contribution < -0.4 is 0 Å². The van der Waals surface area contributed by atoms with E-state index >= 15 is 0 Å². The normalized spacial score (nSPS) is 10.7. The largest absolute Gasteiger partial charge is 0.465 e. The number of carbonyl (C=O) groups is 2. The number of nitrogens with zero attached hydrogens (tertiary/aromatic N) is 6. The van der Waals surface area contributed by atoms with Crippen molar-refractivity contribution < 1.29 is 14.3 Å². The predicted octanol–water partition coefficient (Wildman–Crippen LogP) is 2.88. The van der Waals surface area contributed by atoms with E-state index in [1.165, 1.54) is 11.9 Å². The number of benzene rings is 2. The van der Waals surface area contributed by atoms with Gasteiger partial charge in [0.15, 0.2) is 5.78 Å². The highest BCUT2D eigenvalue weighted by atomic mass is 16.5. The van der Waals surface area contributed by atoms with Crippen molar-refractivity contribution >= 4 is 22.7 Å². The monoisotopic (exact) mass is 414 g/mol. The van der Waals surface area contributed by atoms with Crippen LogP contribution in [0.1, 0.15) is 27.1 Å². The quantitative estimate of drug-likeness (QED) is 0.337. The Morgan fingerprint density at radius 1 is 1.16 bits per heavy atom. The van der Waals surface area contributed by atoms with Crippen molar-refractivity contribution in [3.8, 4) is 17.5 Å². The minimum atomic E-state index is -0.461. The average molecular weight is 414 g/mol. The lowest BCUT2D eigenvalue weighted by molar-refractivity contribution is 0.0600. The Hall–Kier alpha value is -4.32. The number of ketones is 1. The second kappa shape index (κ2) is 8.59. The number of hydrogen-bond donors (Lipinski definition) is 0. The molecule has 0 unspecified atom stereocenters. The van der Waals surface area contributed by atoms with Crippen LogP contribution in [0.2, 0.25) is 0 Å². The molecule has 0 N–H and O–H groups in total. The van der Waals surface area contributed by atoms with Gasteiger partial charge in [0.05, 0.1) is 25.2 Å². The second-order valence-electron chi connectivity index (χ2n) is 6.80. The van der Waals surface area contributed by atoms with Crippen LogP contribution in [-0.2, 0) is 17.8 Å². The Morgan fingerprint density at radius 3 is 2.81 bits per heavy atom. The van der Waals surface area contributed by atoms with E-state index in [1.807, 2.05) is 28.8 Å². The summed E-state index contributed by atoms with van der Waals surface area (Å²) in [6, 6.07) is 16.4. The number of aromatic nitrogens is 5. The maximum atomic E-state index is 13.0. The number of rotatable bonds is 7. The maximum absolute atomic E-state index is 13.0. The fourth-order valence-corrected chi connectivity index (χ4v) is 3.37. The Bertz CT molecular complexity index is 1310. The van der Waals surface area contributed by atoms with Crippen LogP contribution >= 0.6 is 0 Å². The lowest BCUT2D eigenvalue weighted by Crippen LogP contribution is -2.13. The second-order valence-corrected chi connectivity index (χ2v) is 6.80. The zero-order valence-electron chi connectivity index (χ0n) is 16.7. The molecule has 31 heavy (non-hydrogen) atoms. The van der Waals surface area contributed by atoms with Gasteiger partial charge in [0.1, 0.15) is 6.54 Å². The van der Waals surface area contributed by atoms with Crippen molar-refractivity contribution in [3.05, 3.63) is 65.9 Å². The number of aryl methyl sites for hydroxylation is 1. The molecule has 0 aliphatic rings. The molecule has 0 amide bonds. The molecule has 2 aromatic heterocycles. The molecule has 0 saturated carbocycles. The van der Waals surface area contributed by atoms with E-state index in [2.05, 4.69) is 21.5 Å². The maximum Gasteiger partial charge on any atom is 0.337 e. The van der Waals surface area contributed by atoms with Gasteiger partial charge in [-0.25, -0.2) is 4.79 Å². The Labute approximate surface area is 177 Å². The third-order valence-electron chi connectivity index (χ3n) is 4.83. The zero-order chi connectivity index (χ0) is 21.8. The summed E-state index contributed by atoms with van der Waals surface area (Å²) in [7, 11) is 1.31. The minimum Gasteiger partial charge on any atom is -0.465 e. The molecule has 4 aromatic rings. The van der Waals surface area contributed by atoms with E-state index in [9.17, 15) is 9.59 Å². The summed E-state index contributed by atoms with van der Waals surface area (Å²) >= 11 is 0. The molecular formula is C22H18N6O3. The van der Waals surface area contributed by atoms with E-state index in [1.54, 1.807) is 30.5 Å². The molecule has 2 aromatic carbocycles.